The van der Waals surface area contributed by atoms with Gasteiger partial charge in [-0.3, -0.25) is 9.59 Å². The average molecular weight is 408 g/mol. The van der Waals surface area contributed by atoms with Gasteiger partial charge in [-0.1, -0.05) is 76.6 Å². The van der Waals surface area contributed by atoms with E-state index in [1.807, 2.05) is 66.7 Å². The number of hydrogen-bond donors (Lipinski definition) is 1. The van der Waals surface area contributed by atoms with Crippen LogP contribution in [-0.2, 0) is 4.79 Å². The number of carbonyl (C=O) groups excluding carboxylic acids is 2. The zero-order chi connectivity index (χ0) is 18.4. The highest BCUT2D eigenvalue weighted by Crippen LogP contribution is 2.27. The number of anilines is 1. The van der Waals surface area contributed by atoms with Gasteiger partial charge >= 0.3 is 0 Å². The highest BCUT2D eigenvalue weighted by atomic mass is 79.9. The van der Waals surface area contributed by atoms with Crippen molar-refractivity contribution in [2.75, 3.05) is 5.32 Å². The van der Waals surface area contributed by atoms with E-state index in [1.165, 1.54) is 0 Å². The van der Waals surface area contributed by atoms with Gasteiger partial charge in [0.05, 0.1) is 0 Å². The molecule has 0 aliphatic rings. The van der Waals surface area contributed by atoms with E-state index in [0.717, 1.165) is 21.3 Å². The predicted octanol–water partition coefficient (Wildman–Crippen LogP) is 5.72. The summed E-state index contributed by atoms with van der Waals surface area (Å²) in [7, 11) is 0. The molecule has 1 amide bonds. The molecule has 1 N–H and O–H groups in total. The number of nitrogens with one attached hydrogen (secondary N) is 1. The molecule has 3 rings (SSSR count). The van der Waals surface area contributed by atoms with Crippen molar-refractivity contribution in [2.45, 2.75) is 12.8 Å². The molecular formula is C22H18BrNO2. The van der Waals surface area contributed by atoms with Crippen LogP contribution in [0.15, 0.2) is 83.3 Å². The van der Waals surface area contributed by atoms with Crippen molar-refractivity contribution < 1.29 is 9.59 Å². The SMILES string of the molecule is O=C(CCC(=O)c1ccc(Br)cc1)Nc1ccccc1-c1ccccc1. The highest BCUT2D eigenvalue weighted by molar-refractivity contribution is 9.10. The summed E-state index contributed by atoms with van der Waals surface area (Å²) in [6.07, 6.45) is 0.332. The van der Waals surface area contributed by atoms with Gasteiger partial charge in [0.15, 0.2) is 5.78 Å². The maximum absolute atomic E-state index is 12.3. The van der Waals surface area contributed by atoms with E-state index < -0.39 is 0 Å². The van der Waals surface area contributed by atoms with Crippen LogP contribution in [0.2, 0.25) is 0 Å². The smallest absolute Gasteiger partial charge is 0.224 e. The Morgan fingerprint density at radius 3 is 2.15 bits per heavy atom. The van der Waals surface area contributed by atoms with Crippen LogP contribution in [0.4, 0.5) is 5.69 Å². The van der Waals surface area contributed by atoms with Crippen molar-refractivity contribution in [3.8, 4) is 11.1 Å². The van der Waals surface area contributed by atoms with Gasteiger partial charge < -0.3 is 5.32 Å². The van der Waals surface area contributed by atoms with E-state index in [-0.39, 0.29) is 24.5 Å². The Kier molecular flexibility index (Phi) is 5.97. The third-order valence-electron chi connectivity index (χ3n) is 4.03. The Labute approximate surface area is 161 Å². The lowest BCUT2D eigenvalue weighted by Gasteiger charge is -2.11. The van der Waals surface area contributed by atoms with Gasteiger partial charge in [0, 0.05) is 34.1 Å². The summed E-state index contributed by atoms with van der Waals surface area (Å²) >= 11 is 3.34. The third kappa shape index (κ3) is 4.67. The zero-order valence-corrected chi connectivity index (χ0v) is 15.7. The quantitative estimate of drug-likeness (QED) is 0.531. The van der Waals surface area contributed by atoms with Gasteiger partial charge in [-0.25, -0.2) is 0 Å². The van der Waals surface area contributed by atoms with Crippen LogP contribution in [0.5, 0.6) is 0 Å². The number of carbonyl (C=O) groups is 2. The summed E-state index contributed by atoms with van der Waals surface area (Å²) < 4.78 is 0.921. The average Bonchev–Trinajstić information content (AvgIpc) is 2.68. The molecule has 0 aliphatic carbocycles. The fourth-order valence-corrected chi connectivity index (χ4v) is 2.95. The molecule has 0 saturated heterocycles. The Bertz CT molecular complexity index is 905. The molecule has 0 aliphatic heterocycles. The lowest BCUT2D eigenvalue weighted by atomic mass is 10.0. The van der Waals surface area contributed by atoms with Crippen LogP contribution in [0.25, 0.3) is 11.1 Å². The van der Waals surface area contributed by atoms with E-state index >= 15 is 0 Å². The molecule has 3 aromatic carbocycles. The van der Waals surface area contributed by atoms with Crippen LogP contribution >= 0.6 is 15.9 Å². The van der Waals surface area contributed by atoms with Crippen molar-refractivity contribution >= 4 is 33.3 Å². The van der Waals surface area contributed by atoms with Crippen LogP contribution in [0, 0.1) is 0 Å². The first-order chi connectivity index (χ1) is 12.6. The molecule has 0 atom stereocenters. The second-order valence-electron chi connectivity index (χ2n) is 5.89. The summed E-state index contributed by atoms with van der Waals surface area (Å²) in [5.41, 5.74) is 3.36. The number of Topliss-reactive ketones (excluding diaryl/α,β-unsaturated/α-hetero) is 1. The fourth-order valence-electron chi connectivity index (χ4n) is 2.68. The van der Waals surface area contributed by atoms with Gasteiger partial charge in [0.2, 0.25) is 5.91 Å². The Morgan fingerprint density at radius 2 is 1.42 bits per heavy atom. The zero-order valence-electron chi connectivity index (χ0n) is 14.1. The number of amides is 1. The standard InChI is InChI=1S/C22H18BrNO2/c23-18-12-10-17(11-13-18)21(25)14-15-22(26)24-20-9-5-4-8-19(20)16-6-2-1-3-7-16/h1-13H,14-15H2,(H,24,26). The van der Waals surface area contributed by atoms with Crippen LogP contribution in [0.3, 0.4) is 0 Å². The van der Waals surface area contributed by atoms with Crippen molar-refractivity contribution in [1.29, 1.82) is 0 Å². The topological polar surface area (TPSA) is 46.2 Å². The Balaban J connectivity index is 1.64. The van der Waals surface area contributed by atoms with E-state index in [2.05, 4.69) is 21.2 Å². The normalized spacial score (nSPS) is 10.3. The molecule has 0 heterocycles. The van der Waals surface area contributed by atoms with Crippen molar-refractivity contribution in [1.82, 2.24) is 0 Å². The largest absolute Gasteiger partial charge is 0.326 e. The lowest BCUT2D eigenvalue weighted by molar-refractivity contribution is -0.116. The third-order valence-corrected chi connectivity index (χ3v) is 4.56. The maximum Gasteiger partial charge on any atom is 0.224 e. The number of halogens is 1. The molecular weight excluding hydrogens is 390 g/mol. The number of rotatable bonds is 6. The van der Waals surface area contributed by atoms with Crippen LogP contribution in [-0.4, -0.2) is 11.7 Å². The molecule has 0 fully saturated rings. The minimum atomic E-state index is -0.168. The molecule has 0 spiro atoms. The van der Waals surface area contributed by atoms with Gasteiger partial charge in [0.1, 0.15) is 0 Å². The molecule has 0 aromatic heterocycles. The first-order valence-corrected chi connectivity index (χ1v) is 9.16. The van der Waals surface area contributed by atoms with E-state index in [1.54, 1.807) is 12.1 Å². The number of hydrogen-bond acceptors (Lipinski definition) is 2. The second kappa shape index (κ2) is 8.59. The monoisotopic (exact) mass is 407 g/mol. The molecule has 3 aromatic rings. The minimum Gasteiger partial charge on any atom is -0.326 e. The number of ketones is 1. The maximum atomic E-state index is 12.3. The van der Waals surface area contributed by atoms with Gasteiger partial charge in [-0.05, 0) is 23.8 Å². The van der Waals surface area contributed by atoms with Crippen LogP contribution < -0.4 is 5.32 Å². The molecule has 4 heteroatoms. The first kappa shape index (κ1) is 18.1. The lowest BCUT2D eigenvalue weighted by Crippen LogP contribution is -2.14. The minimum absolute atomic E-state index is 0.0380. The Morgan fingerprint density at radius 1 is 0.769 bits per heavy atom. The van der Waals surface area contributed by atoms with E-state index in [4.69, 9.17) is 0 Å². The fraction of sp³-hybridized carbons (Fsp3) is 0.0909. The molecule has 0 radical (unpaired) electrons. The first-order valence-electron chi connectivity index (χ1n) is 8.36. The van der Waals surface area contributed by atoms with E-state index in [9.17, 15) is 9.59 Å². The summed E-state index contributed by atoms with van der Waals surface area (Å²) in [4.78, 5) is 24.5. The van der Waals surface area contributed by atoms with Crippen molar-refractivity contribution in [3.05, 3.63) is 88.9 Å². The van der Waals surface area contributed by atoms with Gasteiger partial charge in [0.25, 0.3) is 0 Å². The van der Waals surface area contributed by atoms with E-state index in [0.29, 0.717) is 5.56 Å². The predicted molar refractivity (Wildman–Crippen MR) is 108 cm³/mol. The van der Waals surface area contributed by atoms with Gasteiger partial charge in [-0.15, -0.1) is 0 Å². The molecule has 3 nitrogen and oxygen atoms in total. The Hall–Kier alpha value is -2.72. The summed E-state index contributed by atoms with van der Waals surface area (Å²) in [6, 6.07) is 24.7. The van der Waals surface area contributed by atoms with Crippen molar-refractivity contribution in [3.63, 3.8) is 0 Å². The van der Waals surface area contributed by atoms with Crippen LogP contribution in [0.1, 0.15) is 23.2 Å². The highest BCUT2D eigenvalue weighted by Gasteiger charge is 2.11. The molecule has 0 bridgehead atoms. The molecule has 0 unspecified atom stereocenters. The molecule has 130 valence electrons. The van der Waals surface area contributed by atoms with Crippen molar-refractivity contribution in [2.24, 2.45) is 0 Å². The summed E-state index contributed by atoms with van der Waals surface area (Å²) in [5.74, 6) is -0.206. The summed E-state index contributed by atoms with van der Waals surface area (Å²) in [6.45, 7) is 0. The number of benzene rings is 3. The molecule has 0 saturated carbocycles. The van der Waals surface area contributed by atoms with Gasteiger partial charge in [-0.2, -0.15) is 0 Å². The molecule has 26 heavy (non-hydrogen) atoms. The number of para-hydroxylation sites is 1. The second-order valence-corrected chi connectivity index (χ2v) is 6.81. The summed E-state index contributed by atoms with van der Waals surface area (Å²) in [5, 5.41) is 2.93.